The molecular formula is C18H23NS. The first-order valence-corrected chi connectivity index (χ1v) is 8.41. The maximum Gasteiger partial charge on any atom is 0.0409 e. The zero-order valence-corrected chi connectivity index (χ0v) is 13.1. The molecule has 20 heavy (non-hydrogen) atoms. The summed E-state index contributed by atoms with van der Waals surface area (Å²) in [5, 5.41) is 3.42. The van der Waals surface area contributed by atoms with Crippen LogP contribution in [0.5, 0.6) is 0 Å². The highest BCUT2D eigenvalue weighted by Crippen LogP contribution is 2.23. The van der Waals surface area contributed by atoms with E-state index < -0.39 is 0 Å². The third-order valence-electron chi connectivity index (χ3n) is 3.40. The van der Waals surface area contributed by atoms with Crippen molar-refractivity contribution in [2.45, 2.75) is 19.4 Å². The molecule has 0 radical (unpaired) electrons. The summed E-state index contributed by atoms with van der Waals surface area (Å²) in [6, 6.07) is 19.9. The topological polar surface area (TPSA) is 12.0 Å². The van der Waals surface area contributed by atoms with Crippen LogP contribution in [0.15, 0.2) is 54.6 Å². The molecule has 0 heterocycles. The van der Waals surface area contributed by atoms with E-state index in [0.717, 1.165) is 5.75 Å². The van der Waals surface area contributed by atoms with E-state index in [1.807, 2.05) is 18.8 Å². The molecule has 0 saturated heterocycles. The number of hydrogen-bond donors (Lipinski definition) is 1. The Balaban J connectivity index is 2.06. The fourth-order valence-electron chi connectivity index (χ4n) is 2.23. The van der Waals surface area contributed by atoms with Gasteiger partial charge in [-0.15, -0.1) is 0 Å². The first-order valence-electron chi connectivity index (χ1n) is 7.25. The molecule has 0 aliphatic carbocycles. The molecule has 2 heteroatoms. The standard InChI is InChI=1S/C18H23NS/c1-3-13-20-14-18(19-2)17-11-9-16(10-12-17)15-7-5-4-6-8-15/h4-12,18-19H,3,13-14H2,1-2H3. The highest BCUT2D eigenvalue weighted by atomic mass is 32.2. The lowest BCUT2D eigenvalue weighted by atomic mass is 10.0. The Morgan fingerprint density at radius 3 is 2.20 bits per heavy atom. The van der Waals surface area contributed by atoms with E-state index in [4.69, 9.17) is 0 Å². The molecule has 0 aromatic heterocycles. The lowest BCUT2D eigenvalue weighted by Gasteiger charge is -2.16. The van der Waals surface area contributed by atoms with Crippen molar-refractivity contribution in [1.82, 2.24) is 5.32 Å². The van der Waals surface area contributed by atoms with Crippen LogP contribution in [0, 0.1) is 0 Å². The van der Waals surface area contributed by atoms with Gasteiger partial charge in [-0.05, 0) is 35.9 Å². The van der Waals surface area contributed by atoms with Gasteiger partial charge in [0.2, 0.25) is 0 Å². The molecule has 0 bridgehead atoms. The molecule has 2 aromatic carbocycles. The van der Waals surface area contributed by atoms with Gasteiger partial charge in [-0.3, -0.25) is 0 Å². The number of thioether (sulfide) groups is 1. The van der Waals surface area contributed by atoms with Gasteiger partial charge in [0.05, 0.1) is 0 Å². The van der Waals surface area contributed by atoms with E-state index in [0.29, 0.717) is 6.04 Å². The van der Waals surface area contributed by atoms with Gasteiger partial charge in [-0.2, -0.15) is 11.8 Å². The van der Waals surface area contributed by atoms with E-state index in [-0.39, 0.29) is 0 Å². The van der Waals surface area contributed by atoms with Crippen molar-refractivity contribution in [2.75, 3.05) is 18.6 Å². The number of hydrogen-bond acceptors (Lipinski definition) is 2. The van der Waals surface area contributed by atoms with E-state index in [1.165, 1.54) is 28.9 Å². The fraction of sp³-hybridized carbons (Fsp3) is 0.333. The largest absolute Gasteiger partial charge is 0.312 e. The maximum atomic E-state index is 3.42. The van der Waals surface area contributed by atoms with Gasteiger partial charge in [0, 0.05) is 11.8 Å². The SMILES string of the molecule is CCCSCC(NC)c1ccc(-c2ccccc2)cc1. The molecule has 106 valence electrons. The van der Waals surface area contributed by atoms with Gasteiger partial charge in [-0.25, -0.2) is 0 Å². The third-order valence-corrected chi connectivity index (χ3v) is 4.67. The summed E-state index contributed by atoms with van der Waals surface area (Å²) < 4.78 is 0. The summed E-state index contributed by atoms with van der Waals surface area (Å²) in [6.45, 7) is 2.23. The van der Waals surface area contributed by atoms with Gasteiger partial charge < -0.3 is 5.32 Å². The Morgan fingerprint density at radius 1 is 0.950 bits per heavy atom. The van der Waals surface area contributed by atoms with E-state index in [2.05, 4.69) is 66.8 Å². The summed E-state index contributed by atoms with van der Waals surface area (Å²) in [7, 11) is 2.04. The molecule has 0 aliphatic heterocycles. The predicted octanol–water partition coefficient (Wildman–Crippen LogP) is 4.76. The fourth-order valence-corrected chi connectivity index (χ4v) is 3.28. The van der Waals surface area contributed by atoms with Gasteiger partial charge in [0.15, 0.2) is 0 Å². The summed E-state index contributed by atoms with van der Waals surface area (Å²) in [5.74, 6) is 2.37. The average molecular weight is 285 g/mol. The van der Waals surface area contributed by atoms with Crippen LogP contribution in [0.2, 0.25) is 0 Å². The molecule has 1 nitrogen and oxygen atoms in total. The van der Waals surface area contributed by atoms with Crippen molar-refractivity contribution in [1.29, 1.82) is 0 Å². The summed E-state index contributed by atoms with van der Waals surface area (Å²) in [6.07, 6.45) is 1.24. The van der Waals surface area contributed by atoms with Crippen LogP contribution in [0.3, 0.4) is 0 Å². The summed E-state index contributed by atoms with van der Waals surface area (Å²) in [4.78, 5) is 0. The van der Waals surface area contributed by atoms with Crippen LogP contribution >= 0.6 is 11.8 Å². The maximum absolute atomic E-state index is 3.42. The second-order valence-electron chi connectivity index (χ2n) is 4.90. The van der Waals surface area contributed by atoms with E-state index >= 15 is 0 Å². The monoisotopic (exact) mass is 285 g/mol. The number of rotatable bonds is 7. The Hall–Kier alpha value is -1.25. The minimum Gasteiger partial charge on any atom is -0.312 e. The lowest BCUT2D eigenvalue weighted by molar-refractivity contribution is 0.662. The van der Waals surface area contributed by atoms with Crippen LogP contribution in [0.4, 0.5) is 0 Å². The smallest absolute Gasteiger partial charge is 0.0409 e. The zero-order chi connectivity index (χ0) is 14.2. The molecule has 1 unspecified atom stereocenters. The first kappa shape index (κ1) is 15.1. The van der Waals surface area contributed by atoms with Crippen molar-refractivity contribution in [3.8, 4) is 11.1 Å². The van der Waals surface area contributed by atoms with Gasteiger partial charge in [-0.1, -0.05) is 61.5 Å². The quantitative estimate of drug-likeness (QED) is 0.736. The highest BCUT2D eigenvalue weighted by Gasteiger charge is 2.09. The van der Waals surface area contributed by atoms with Crippen molar-refractivity contribution in [3.63, 3.8) is 0 Å². The van der Waals surface area contributed by atoms with Crippen LogP contribution in [0.25, 0.3) is 11.1 Å². The molecule has 0 spiro atoms. The Bertz CT molecular complexity index is 493. The van der Waals surface area contributed by atoms with Crippen LogP contribution in [-0.4, -0.2) is 18.6 Å². The molecular weight excluding hydrogens is 262 g/mol. The molecule has 0 amide bonds. The number of nitrogens with one attached hydrogen (secondary N) is 1. The van der Waals surface area contributed by atoms with Crippen molar-refractivity contribution < 1.29 is 0 Å². The molecule has 2 aromatic rings. The zero-order valence-electron chi connectivity index (χ0n) is 12.3. The normalized spacial score (nSPS) is 12.3. The molecule has 0 aliphatic rings. The predicted molar refractivity (Wildman–Crippen MR) is 91.3 cm³/mol. The van der Waals surface area contributed by atoms with Crippen LogP contribution in [0.1, 0.15) is 24.9 Å². The summed E-state index contributed by atoms with van der Waals surface area (Å²) in [5.41, 5.74) is 3.93. The Morgan fingerprint density at radius 2 is 1.60 bits per heavy atom. The second-order valence-corrected chi connectivity index (χ2v) is 6.05. The highest BCUT2D eigenvalue weighted by molar-refractivity contribution is 7.99. The van der Waals surface area contributed by atoms with Crippen molar-refractivity contribution >= 4 is 11.8 Å². The van der Waals surface area contributed by atoms with E-state index in [1.54, 1.807) is 0 Å². The lowest BCUT2D eigenvalue weighted by Crippen LogP contribution is -2.18. The van der Waals surface area contributed by atoms with Gasteiger partial charge in [0.1, 0.15) is 0 Å². The van der Waals surface area contributed by atoms with Crippen molar-refractivity contribution in [2.24, 2.45) is 0 Å². The average Bonchev–Trinajstić information content (AvgIpc) is 2.53. The molecule has 2 rings (SSSR count). The second kappa shape index (κ2) is 8.13. The molecule has 1 N–H and O–H groups in total. The minimum atomic E-state index is 0.441. The number of benzene rings is 2. The van der Waals surface area contributed by atoms with E-state index in [9.17, 15) is 0 Å². The van der Waals surface area contributed by atoms with Gasteiger partial charge >= 0.3 is 0 Å². The Labute approximate surface area is 126 Å². The van der Waals surface area contributed by atoms with Crippen LogP contribution < -0.4 is 5.32 Å². The molecule has 0 saturated carbocycles. The minimum absolute atomic E-state index is 0.441. The third kappa shape index (κ3) is 4.12. The summed E-state index contributed by atoms with van der Waals surface area (Å²) >= 11 is 2.02. The van der Waals surface area contributed by atoms with Crippen LogP contribution in [-0.2, 0) is 0 Å². The molecule has 1 atom stereocenters. The first-order chi connectivity index (χ1) is 9.85. The Kier molecular flexibility index (Phi) is 6.16. The van der Waals surface area contributed by atoms with Crippen molar-refractivity contribution in [3.05, 3.63) is 60.2 Å². The molecule has 0 fully saturated rings. The van der Waals surface area contributed by atoms with Gasteiger partial charge in [0.25, 0.3) is 0 Å².